The molecular formula is C11H15NO4S. The van der Waals surface area contributed by atoms with Crippen molar-refractivity contribution in [3.8, 4) is 11.5 Å². The SMILES string of the molecule is CCS(=O)(=O)c1cc(CN)cc2c1OCCO2. The first-order chi connectivity index (χ1) is 8.08. The summed E-state index contributed by atoms with van der Waals surface area (Å²) in [5.41, 5.74) is 6.27. The van der Waals surface area contributed by atoms with E-state index in [2.05, 4.69) is 0 Å². The number of hydrogen-bond donors (Lipinski definition) is 1. The Hall–Kier alpha value is -1.27. The van der Waals surface area contributed by atoms with Crippen LogP contribution < -0.4 is 15.2 Å². The smallest absolute Gasteiger partial charge is 0.181 e. The van der Waals surface area contributed by atoms with Gasteiger partial charge in [0.2, 0.25) is 0 Å². The Morgan fingerprint density at radius 1 is 1.29 bits per heavy atom. The van der Waals surface area contributed by atoms with Gasteiger partial charge < -0.3 is 15.2 Å². The van der Waals surface area contributed by atoms with Crippen LogP contribution in [0.3, 0.4) is 0 Å². The van der Waals surface area contributed by atoms with Gasteiger partial charge in [-0.15, -0.1) is 0 Å². The van der Waals surface area contributed by atoms with Gasteiger partial charge in [0.15, 0.2) is 21.3 Å². The number of benzene rings is 1. The summed E-state index contributed by atoms with van der Waals surface area (Å²) in [6.07, 6.45) is 0. The van der Waals surface area contributed by atoms with Crippen molar-refractivity contribution in [3.05, 3.63) is 17.7 Å². The molecule has 2 rings (SSSR count). The Morgan fingerprint density at radius 3 is 2.65 bits per heavy atom. The van der Waals surface area contributed by atoms with Crippen LogP contribution in [0.15, 0.2) is 17.0 Å². The third kappa shape index (κ3) is 2.23. The van der Waals surface area contributed by atoms with Crippen LogP contribution >= 0.6 is 0 Å². The van der Waals surface area contributed by atoms with Crippen molar-refractivity contribution in [2.45, 2.75) is 18.4 Å². The van der Waals surface area contributed by atoms with Crippen molar-refractivity contribution < 1.29 is 17.9 Å². The van der Waals surface area contributed by atoms with Gasteiger partial charge in [-0.1, -0.05) is 6.92 Å². The second-order valence-electron chi connectivity index (χ2n) is 3.73. The molecule has 6 heteroatoms. The van der Waals surface area contributed by atoms with E-state index in [1.807, 2.05) is 0 Å². The summed E-state index contributed by atoms with van der Waals surface area (Å²) in [7, 11) is -3.33. The van der Waals surface area contributed by atoms with Gasteiger partial charge in [-0.3, -0.25) is 0 Å². The van der Waals surface area contributed by atoms with Gasteiger partial charge in [-0.2, -0.15) is 0 Å². The van der Waals surface area contributed by atoms with Gasteiger partial charge in [0.1, 0.15) is 18.1 Å². The summed E-state index contributed by atoms with van der Waals surface area (Å²) in [5.74, 6) is 0.804. The van der Waals surface area contributed by atoms with Crippen molar-refractivity contribution >= 4 is 9.84 Å². The van der Waals surface area contributed by atoms with Crippen LogP contribution in [0.25, 0.3) is 0 Å². The largest absolute Gasteiger partial charge is 0.486 e. The fourth-order valence-electron chi connectivity index (χ4n) is 1.68. The maximum atomic E-state index is 12.0. The molecule has 5 nitrogen and oxygen atoms in total. The molecule has 0 saturated carbocycles. The molecule has 1 aliphatic heterocycles. The first kappa shape index (κ1) is 12.2. The molecule has 0 aliphatic carbocycles. The molecular weight excluding hydrogens is 242 g/mol. The molecule has 0 saturated heterocycles. The fourth-order valence-corrected chi connectivity index (χ4v) is 2.76. The quantitative estimate of drug-likeness (QED) is 0.862. The van der Waals surface area contributed by atoms with Crippen molar-refractivity contribution in [2.24, 2.45) is 5.73 Å². The number of nitrogens with two attached hydrogens (primary N) is 1. The van der Waals surface area contributed by atoms with Crippen molar-refractivity contribution in [2.75, 3.05) is 19.0 Å². The van der Waals surface area contributed by atoms with E-state index in [1.165, 1.54) is 0 Å². The summed E-state index contributed by atoms with van der Waals surface area (Å²) in [5, 5.41) is 0. The minimum absolute atomic E-state index is 0.0246. The molecule has 0 unspecified atom stereocenters. The summed E-state index contributed by atoms with van der Waals surface area (Å²) in [6.45, 7) is 2.65. The lowest BCUT2D eigenvalue weighted by molar-refractivity contribution is 0.166. The molecule has 1 aliphatic rings. The third-order valence-electron chi connectivity index (χ3n) is 2.62. The maximum absolute atomic E-state index is 12.0. The van der Waals surface area contributed by atoms with Gasteiger partial charge in [-0.25, -0.2) is 8.42 Å². The number of ether oxygens (including phenoxy) is 2. The first-order valence-electron chi connectivity index (χ1n) is 5.44. The third-order valence-corrected chi connectivity index (χ3v) is 4.35. The molecule has 94 valence electrons. The molecule has 1 heterocycles. The zero-order valence-corrected chi connectivity index (χ0v) is 10.4. The van der Waals surface area contributed by atoms with Crippen LogP contribution in [0.5, 0.6) is 11.5 Å². The summed E-state index contributed by atoms with van der Waals surface area (Å²) in [4.78, 5) is 0.178. The molecule has 0 spiro atoms. The van der Waals surface area contributed by atoms with Crippen molar-refractivity contribution in [1.82, 2.24) is 0 Å². The van der Waals surface area contributed by atoms with Gasteiger partial charge in [0.05, 0.1) is 5.75 Å². The summed E-state index contributed by atoms with van der Waals surface area (Å²) in [6, 6.07) is 3.29. The van der Waals surface area contributed by atoms with Crippen LogP contribution in [0.2, 0.25) is 0 Å². The summed E-state index contributed by atoms with van der Waals surface area (Å²) >= 11 is 0. The number of hydrogen-bond acceptors (Lipinski definition) is 5. The highest BCUT2D eigenvalue weighted by Crippen LogP contribution is 2.38. The van der Waals surface area contributed by atoms with Gasteiger partial charge in [0, 0.05) is 6.54 Å². The Bertz CT molecular complexity index is 525. The first-order valence-corrected chi connectivity index (χ1v) is 7.09. The molecule has 0 fully saturated rings. The highest BCUT2D eigenvalue weighted by Gasteiger charge is 2.25. The second-order valence-corrected chi connectivity index (χ2v) is 5.97. The molecule has 0 aromatic heterocycles. The minimum atomic E-state index is -3.33. The lowest BCUT2D eigenvalue weighted by Gasteiger charge is -2.21. The topological polar surface area (TPSA) is 78.6 Å². The monoisotopic (exact) mass is 257 g/mol. The van der Waals surface area contributed by atoms with Gasteiger partial charge >= 0.3 is 0 Å². The lowest BCUT2D eigenvalue weighted by atomic mass is 10.2. The lowest BCUT2D eigenvalue weighted by Crippen LogP contribution is -2.19. The molecule has 0 amide bonds. The second kappa shape index (κ2) is 4.54. The molecule has 17 heavy (non-hydrogen) atoms. The predicted octanol–water partition coefficient (Wildman–Crippen LogP) is 0.710. The van der Waals surface area contributed by atoms with E-state index in [0.29, 0.717) is 24.7 Å². The van der Waals surface area contributed by atoms with E-state index in [1.54, 1.807) is 19.1 Å². The molecule has 0 radical (unpaired) electrons. The number of rotatable bonds is 3. The Labute approximate surface area is 100 Å². The normalized spacial score (nSPS) is 14.7. The Morgan fingerprint density at radius 2 is 2.00 bits per heavy atom. The minimum Gasteiger partial charge on any atom is -0.486 e. The molecule has 1 aromatic carbocycles. The van der Waals surface area contributed by atoms with Crippen molar-refractivity contribution in [1.29, 1.82) is 0 Å². The molecule has 0 bridgehead atoms. The van der Waals surface area contributed by atoms with Crippen LogP contribution in [0, 0.1) is 0 Å². The number of sulfone groups is 1. The van der Waals surface area contributed by atoms with E-state index in [9.17, 15) is 8.42 Å². The number of fused-ring (bicyclic) bond motifs is 1. The van der Waals surface area contributed by atoms with E-state index in [-0.39, 0.29) is 17.2 Å². The van der Waals surface area contributed by atoms with E-state index >= 15 is 0 Å². The van der Waals surface area contributed by atoms with E-state index in [0.717, 1.165) is 5.56 Å². The average Bonchev–Trinajstić information content (AvgIpc) is 2.37. The van der Waals surface area contributed by atoms with Crippen LogP contribution in [0.1, 0.15) is 12.5 Å². The highest BCUT2D eigenvalue weighted by molar-refractivity contribution is 7.91. The van der Waals surface area contributed by atoms with E-state index in [4.69, 9.17) is 15.2 Å². The zero-order valence-electron chi connectivity index (χ0n) is 9.60. The average molecular weight is 257 g/mol. The Kier molecular flexibility index (Phi) is 3.26. The fraction of sp³-hybridized carbons (Fsp3) is 0.455. The predicted molar refractivity (Wildman–Crippen MR) is 63.1 cm³/mol. The van der Waals surface area contributed by atoms with Crippen LogP contribution in [-0.2, 0) is 16.4 Å². The standard InChI is InChI=1S/C11H15NO4S/c1-2-17(13,14)10-6-8(7-12)5-9-11(10)16-4-3-15-9/h5-6H,2-4,7,12H2,1H3. The van der Waals surface area contributed by atoms with Crippen LogP contribution in [0.4, 0.5) is 0 Å². The highest BCUT2D eigenvalue weighted by atomic mass is 32.2. The molecule has 1 aromatic rings. The van der Waals surface area contributed by atoms with Crippen LogP contribution in [-0.4, -0.2) is 27.4 Å². The van der Waals surface area contributed by atoms with Gasteiger partial charge in [0.25, 0.3) is 0 Å². The molecule has 0 atom stereocenters. The maximum Gasteiger partial charge on any atom is 0.181 e. The Balaban J connectivity index is 2.64. The summed E-state index contributed by atoms with van der Waals surface area (Å²) < 4.78 is 34.7. The van der Waals surface area contributed by atoms with Gasteiger partial charge in [-0.05, 0) is 17.7 Å². The molecule has 2 N–H and O–H groups in total. The van der Waals surface area contributed by atoms with Crippen molar-refractivity contribution in [3.63, 3.8) is 0 Å². The zero-order chi connectivity index (χ0) is 12.5. The van der Waals surface area contributed by atoms with E-state index < -0.39 is 9.84 Å².